The highest BCUT2D eigenvalue weighted by Crippen LogP contribution is 2.38. The minimum Gasteiger partial charge on any atom is -0.490 e. The lowest BCUT2D eigenvalue weighted by Gasteiger charge is -2.12. The first-order valence-electron chi connectivity index (χ1n) is 9.28. The third-order valence-corrected chi connectivity index (χ3v) is 6.07. The lowest BCUT2D eigenvalue weighted by Crippen LogP contribution is -2.12. The standard InChI is InChI=1S/C21H16ClF3N2O3S/c1-11-18(31-20(26-11)12-3-5-13(6-4-12)21(23,24)25)19(28)27-15-10-17-16(9-14(15)22)29-7-2-8-30-17/h3-6,9-10H,2,7-8H2,1H3,(H,27,28). The Balaban J connectivity index is 1.56. The van der Waals surface area contributed by atoms with E-state index >= 15 is 0 Å². The zero-order valence-corrected chi connectivity index (χ0v) is 17.7. The van der Waals surface area contributed by atoms with Crippen LogP contribution in [0, 0.1) is 6.92 Å². The van der Waals surface area contributed by atoms with Crippen molar-refractivity contribution in [3.05, 3.63) is 57.6 Å². The third-order valence-electron chi connectivity index (χ3n) is 4.55. The summed E-state index contributed by atoms with van der Waals surface area (Å²) in [5.74, 6) is 0.576. The lowest BCUT2D eigenvalue weighted by atomic mass is 10.1. The number of thiazole rings is 1. The molecule has 0 aliphatic carbocycles. The van der Waals surface area contributed by atoms with Gasteiger partial charge in [0.1, 0.15) is 9.88 Å². The van der Waals surface area contributed by atoms with Gasteiger partial charge in [-0.3, -0.25) is 4.79 Å². The summed E-state index contributed by atoms with van der Waals surface area (Å²) in [5, 5.41) is 3.49. The van der Waals surface area contributed by atoms with Crippen molar-refractivity contribution < 1.29 is 27.4 Å². The summed E-state index contributed by atoms with van der Waals surface area (Å²) in [6.45, 7) is 2.67. The number of carbonyl (C=O) groups excluding carboxylic acids is 1. The average Bonchev–Trinajstić information content (AvgIpc) is 2.97. The molecule has 1 N–H and O–H groups in total. The minimum atomic E-state index is -4.41. The van der Waals surface area contributed by atoms with Gasteiger partial charge in [0.05, 0.1) is 35.2 Å². The van der Waals surface area contributed by atoms with E-state index in [1.165, 1.54) is 12.1 Å². The number of halogens is 4. The number of aryl methyl sites for hydroxylation is 1. The Labute approximate surface area is 184 Å². The summed E-state index contributed by atoms with van der Waals surface area (Å²) in [4.78, 5) is 17.5. The van der Waals surface area contributed by atoms with Crippen molar-refractivity contribution in [2.45, 2.75) is 19.5 Å². The molecule has 0 spiro atoms. The molecule has 162 valence electrons. The van der Waals surface area contributed by atoms with Crippen molar-refractivity contribution in [1.29, 1.82) is 0 Å². The molecule has 0 fully saturated rings. The van der Waals surface area contributed by atoms with E-state index in [1.807, 2.05) is 0 Å². The highest BCUT2D eigenvalue weighted by atomic mass is 35.5. The van der Waals surface area contributed by atoms with Gasteiger partial charge in [-0.1, -0.05) is 23.7 Å². The fraction of sp³-hybridized carbons (Fsp3) is 0.238. The van der Waals surface area contributed by atoms with Gasteiger partial charge in [0.15, 0.2) is 11.5 Å². The topological polar surface area (TPSA) is 60.5 Å². The van der Waals surface area contributed by atoms with E-state index in [4.69, 9.17) is 21.1 Å². The number of fused-ring (bicyclic) bond motifs is 1. The maximum absolute atomic E-state index is 12.8. The van der Waals surface area contributed by atoms with Gasteiger partial charge in [-0.2, -0.15) is 13.2 Å². The highest BCUT2D eigenvalue weighted by Gasteiger charge is 2.30. The Morgan fingerprint density at radius 3 is 2.42 bits per heavy atom. The van der Waals surface area contributed by atoms with E-state index < -0.39 is 17.6 Å². The second kappa shape index (κ2) is 8.39. The molecule has 1 aromatic heterocycles. The Kier molecular flexibility index (Phi) is 5.81. The number of nitrogens with one attached hydrogen (secondary N) is 1. The summed E-state index contributed by atoms with van der Waals surface area (Å²) in [5.41, 5.74) is 0.572. The molecule has 1 amide bonds. The molecule has 0 radical (unpaired) electrons. The molecule has 1 aliphatic rings. The quantitative estimate of drug-likeness (QED) is 0.497. The van der Waals surface area contributed by atoms with Crippen molar-refractivity contribution in [3.8, 4) is 22.1 Å². The number of aromatic nitrogens is 1. The number of benzene rings is 2. The van der Waals surface area contributed by atoms with Crippen LogP contribution in [0.5, 0.6) is 11.5 Å². The monoisotopic (exact) mass is 468 g/mol. The largest absolute Gasteiger partial charge is 0.490 e. The Morgan fingerprint density at radius 1 is 1.13 bits per heavy atom. The first-order valence-corrected chi connectivity index (χ1v) is 10.5. The van der Waals surface area contributed by atoms with Gasteiger partial charge in [0.2, 0.25) is 0 Å². The van der Waals surface area contributed by atoms with Crippen molar-refractivity contribution in [3.63, 3.8) is 0 Å². The van der Waals surface area contributed by atoms with Gasteiger partial charge in [0, 0.05) is 24.1 Å². The molecule has 2 aromatic carbocycles. The van der Waals surface area contributed by atoms with Crippen LogP contribution >= 0.6 is 22.9 Å². The van der Waals surface area contributed by atoms with Gasteiger partial charge in [-0.25, -0.2) is 4.98 Å². The fourth-order valence-electron chi connectivity index (χ4n) is 2.99. The smallest absolute Gasteiger partial charge is 0.416 e. The van der Waals surface area contributed by atoms with Crippen LogP contribution in [0.1, 0.15) is 27.3 Å². The van der Waals surface area contributed by atoms with E-state index in [1.54, 1.807) is 19.1 Å². The van der Waals surface area contributed by atoms with Crippen molar-refractivity contribution in [2.24, 2.45) is 0 Å². The number of rotatable bonds is 3. The zero-order valence-electron chi connectivity index (χ0n) is 16.2. The summed E-state index contributed by atoms with van der Waals surface area (Å²) in [6.07, 6.45) is -3.68. The maximum atomic E-state index is 12.8. The normalized spacial score (nSPS) is 13.6. The molecule has 0 atom stereocenters. The van der Waals surface area contributed by atoms with Crippen LogP contribution in [0.3, 0.4) is 0 Å². The number of nitrogens with zero attached hydrogens (tertiary/aromatic N) is 1. The highest BCUT2D eigenvalue weighted by molar-refractivity contribution is 7.17. The number of hydrogen-bond acceptors (Lipinski definition) is 5. The van der Waals surface area contributed by atoms with Crippen LogP contribution in [0.15, 0.2) is 36.4 Å². The first-order chi connectivity index (χ1) is 14.7. The molecule has 2 heterocycles. The maximum Gasteiger partial charge on any atom is 0.416 e. The van der Waals surface area contributed by atoms with E-state index in [2.05, 4.69) is 10.3 Å². The lowest BCUT2D eigenvalue weighted by molar-refractivity contribution is -0.137. The number of amides is 1. The average molecular weight is 469 g/mol. The molecular formula is C21H16ClF3N2O3S. The number of anilines is 1. The van der Waals surface area contributed by atoms with E-state index in [0.29, 0.717) is 56.6 Å². The Bertz CT molecular complexity index is 1130. The Morgan fingerprint density at radius 2 is 1.77 bits per heavy atom. The van der Waals surface area contributed by atoms with Gasteiger partial charge < -0.3 is 14.8 Å². The predicted octanol–water partition coefficient (Wildman–Crippen LogP) is 6.20. The van der Waals surface area contributed by atoms with E-state index in [-0.39, 0.29) is 0 Å². The van der Waals surface area contributed by atoms with Crippen molar-refractivity contribution >= 4 is 34.5 Å². The minimum absolute atomic E-state index is 0.294. The molecule has 31 heavy (non-hydrogen) atoms. The Hall–Kier alpha value is -2.78. The number of carbonyl (C=O) groups is 1. The van der Waals surface area contributed by atoms with Crippen molar-refractivity contribution in [2.75, 3.05) is 18.5 Å². The van der Waals surface area contributed by atoms with E-state index in [9.17, 15) is 18.0 Å². The molecule has 0 unspecified atom stereocenters. The summed E-state index contributed by atoms with van der Waals surface area (Å²) >= 11 is 7.37. The van der Waals surface area contributed by atoms with Crippen LogP contribution in [-0.4, -0.2) is 24.1 Å². The van der Waals surface area contributed by atoms with Crippen LogP contribution in [0.4, 0.5) is 18.9 Å². The summed E-state index contributed by atoms with van der Waals surface area (Å²) in [7, 11) is 0. The van der Waals surface area contributed by atoms with Crippen LogP contribution in [0.25, 0.3) is 10.6 Å². The van der Waals surface area contributed by atoms with Gasteiger partial charge >= 0.3 is 6.18 Å². The second-order valence-electron chi connectivity index (χ2n) is 6.79. The molecule has 4 rings (SSSR count). The van der Waals surface area contributed by atoms with E-state index in [0.717, 1.165) is 29.9 Å². The zero-order chi connectivity index (χ0) is 22.2. The summed E-state index contributed by atoms with van der Waals surface area (Å²) in [6, 6.07) is 7.85. The van der Waals surface area contributed by atoms with Crippen LogP contribution < -0.4 is 14.8 Å². The number of alkyl halides is 3. The number of hydrogen-bond donors (Lipinski definition) is 1. The van der Waals surface area contributed by atoms with Crippen LogP contribution in [0.2, 0.25) is 5.02 Å². The van der Waals surface area contributed by atoms with Crippen molar-refractivity contribution in [1.82, 2.24) is 4.98 Å². The second-order valence-corrected chi connectivity index (χ2v) is 8.20. The number of ether oxygens (including phenoxy) is 2. The first kappa shape index (κ1) is 21.5. The summed E-state index contributed by atoms with van der Waals surface area (Å²) < 4.78 is 49.5. The van der Waals surface area contributed by atoms with Gasteiger partial charge in [0.25, 0.3) is 5.91 Å². The predicted molar refractivity (Wildman–Crippen MR) is 112 cm³/mol. The molecule has 3 aromatic rings. The molecule has 0 saturated carbocycles. The SMILES string of the molecule is Cc1nc(-c2ccc(C(F)(F)F)cc2)sc1C(=O)Nc1cc2c(cc1Cl)OCCCO2. The molecule has 5 nitrogen and oxygen atoms in total. The molecule has 10 heteroatoms. The fourth-order valence-corrected chi connectivity index (χ4v) is 4.16. The molecule has 0 bridgehead atoms. The van der Waals surface area contributed by atoms with Gasteiger partial charge in [-0.05, 0) is 19.1 Å². The van der Waals surface area contributed by atoms with Gasteiger partial charge in [-0.15, -0.1) is 11.3 Å². The molecule has 1 aliphatic heterocycles. The van der Waals surface area contributed by atoms with Crippen LogP contribution in [-0.2, 0) is 6.18 Å². The molecular weight excluding hydrogens is 453 g/mol. The molecule has 0 saturated heterocycles. The third kappa shape index (κ3) is 4.62.